The number of aryl methyl sites for hydroxylation is 1. The molecule has 0 saturated heterocycles. The van der Waals surface area contributed by atoms with Gasteiger partial charge in [0.15, 0.2) is 0 Å². The highest BCUT2D eigenvalue weighted by atomic mass is 35.5. The molecular formula is C19H16Cl2N2OS. The zero-order valence-electron chi connectivity index (χ0n) is 13.8. The minimum absolute atomic E-state index is 0.0669. The zero-order valence-corrected chi connectivity index (χ0v) is 16.1. The smallest absolute Gasteiger partial charge is 0.206 e. The van der Waals surface area contributed by atoms with Gasteiger partial charge in [-0.1, -0.05) is 54.4 Å². The van der Waals surface area contributed by atoms with E-state index in [1.807, 2.05) is 32.0 Å². The number of benzene rings is 2. The molecule has 25 heavy (non-hydrogen) atoms. The Kier molecular flexibility index (Phi) is 6.95. The molecule has 6 heteroatoms. The summed E-state index contributed by atoms with van der Waals surface area (Å²) in [6.07, 6.45) is 0. The lowest BCUT2D eigenvalue weighted by Gasteiger charge is -2.13. The molecule has 0 aromatic heterocycles. The monoisotopic (exact) mass is 390 g/mol. The van der Waals surface area contributed by atoms with Gasteiger partial charge in [0.05, 0.1) is 5.03 Å². The molecule has 0 amide bonds. The van der Waals surface area contributed by atoms with Gasteiger partial charge in [0, 0.05) is 21.3 Å². The maximum Gasteiger partial charge on any atom is 0.206 e. The molecule has 0 unspecified atom stereocenters. The maximum absolute atomic E-state index is 12.9. The maximum atomic E-state index is 12.9. The molecule has 0 bridgehead atoms. The van der Waals surface area contributed by atoms with Crippen molar-refractivity contribution in [2.45, 2.75) is 13.8 Å². The summed E-state index contributed by atoms with van der Waals surface area (Å²) in [7, 11) is 0. The Balaban J connectivity index is 2.47. The van der Waals surface area contributed by atoms with E-state index in [1.165, 1.54) is 11.8 Å². The number of carbonyl (C=O) groups excluding carboxylic acids is 1. The Bertz CT molecular complexity index is 852. The third-order valence-corrected chi connectivity index (χ3v) is 4.68. The van der Waals surface area contributed by atoms with Crippen LogP contribution in [0.5, 0.6) is 0 Å². The van der Waals surface area contributed by atoms with Crippen LogP contribution in [0.4, 0.5) is 5.69 Å². The molecule has 2 rings (SSSR count). The molecule has 0 heterocycles. The Hall–Kier alpha value is -1.93. The van der Waals surface area contributed by atoms with Gasteiger partial charge in [-0.25, -0.2) is 0 Å². The fourth-order valence-electron chi connectivity index (χ4n) is 2.24. The third kappa shape index (κ3) is 5.02. The number of nitrogens with one attached hydrogen (secondary N) is 1. The molecular weight excluding hydrogens is 375 g/mol. The highest BCUT2D eigenvalue weighted by Crippen LogP contribution is 2.29. The lowest BCUT2D eigenvalue weighted by molar-refractivity contribution is 0.103. The van der Waals surface area contributed by atoms with Crippen molar-refractivity contribution in [3.8, 4) is 6.07 Å². The number of anilines is 1. The van der Waals surface area contributed by atoms with E-state index < -0.39 is 0 Å². The number of nitrogens with zero attached hydrogens (tertiary/aromatic N) is 1. The number of Topliss-reactive ketones (excluding diaryl/α,β-unsaturated/α-hetero) is 1. The second-order valence-corrected chi connectivity index (χ2v) is 7.32. The van der Waals surface area contributed by atoms with Crippen molar-refractivity contribution in [3.63, 3.8) is 0 Å². The van der Waals surface area contributed by atoms with Crippen molar-refractivity contribution in [2.24, 2.45) is 0 Å². The van der Waals surface area contributed by atoms with Crippen molar-refractivity contribution in [2.75, 3.05) is 11.1 Å². The van der Waals surface area contributed by atoms with Gasteiger partial charge in [-0.05, 0) is 36.4 Å². The third-order valence-electron chi connectivity index (χ3n) is 3.36. The Morgan fingerprint density at radius 2 is 1.84 bits per heavy atom. The number of nitriles is 1. The second kappa shape index (κ2) is 8.96. The number of hydrogen-bond donors (Lipinski definition) is 1. The number of hydrogen-bond acceptors (Lipinski definition) is 4. The van der Waals surface area contributed by atoms with E-state index in [2.05, 4.69) is 5.32 Å². The first-order valence-corrected chi connectivity index (χ1v) is 9.31. The minimum Gasteiger partial charge on any atom is -0.349 e. The Morgan fingerprint density at radius 1 is 1.20 bits per heavy atom. The molecule has 2 aromatic carbocycles. The molecule has 0 fully saturated rings. The van der Waals surface area contributed by atoms with Crippen LogP contribution in [0.3, 0.4) is 0 Å². The largest absolute Gasteiger partial charge is 0.349 e. The number of allylic oxidation sites excluding steroid dienone is 1. The van der Waals surface area contributed by atoms with E-state index in [0.29, 0.717) is 32.1 Å². The normalized spacial score (nSPS) is 11.5. The first kappa shape index (κ1) is 19.4. The van der Waals surface area contributed by atoms with Crippen LogP contribution in [-0.2, 0) is 0 Å². The van der Waals surface area contributed by atoms with Gasteiger partial charge >= 0.3 is 0 Å². The predicted octanol–water partition coefficient (Wildman–Crippen LogP) is 6.08. The molecule has 0 spiro atoms. The van der Waals surface area contributed by atoms with Crippen LogP contribution < -0.4 is 5.32 Å². The van der Waals surface area contributed by atoms with E-state index in [-0.39, 0.29) is 11.4 Å². The van der Waals surface area contributed by atoms with Crippen molar-refractivity contribution in [1.82, 2.24) is 0 Å². The van der Waals surface area contributed by atoms with Gasteiger partial charge in [0.1, 0.15) is 11.6 Å². The van der Waals surface area contributed by atoms with Gasteiger partial charge in [0.25, 0.3) is 0 Å². The van der Waals surface area contributed by atoms with E-state index >= 15 is 0 Å². The summed E-state index contributed by atoms with van der Waals surface area (Å²) in [5, 5.41) is 14.1. The number of thioether (sulfide) groups is 1. The van der Waals surface area contributed by atoms with Crippen LogP contribution in [-0.4, -0.2) is 11.5 Å². The lowest BCUT2D eigenvalue weighted by atomic mass is 10.0. The SMILES string of the molecule is CCSC(Nc1cc(Cl)cc(Cl)c1)=C(C#N)C(=O)c1ccccc1C. The molecule has 0 aliphatic carbocycles. The van der Waals surface area contributed by atoms with Crippen LogP contribution in [0.1, 0.15) is 22.8 Å². The van der Waals surface area contributed by atoms with Crippen molar-refractivity contribution in [3.05, 3.63) is 74.2 Å². The molecule has 2 aromatic rings. The quantitative estimate of drug-likeness (QED) is 0.368. The molecule has 0 aliphatic heterocycles. The van der Waals surface area contributed by atoms with Gasteiger partial charge < -0.3 is 5.32 Å². The van der Waals surface area contributed by atoms with Crippen LogP contribution in [0.15, 0.2) is 53.1 Å². The summed E-state index contributed by atoms with van der Waals surface area (Å²) in [6, 6.07) is 14.3. The van der Waals surface area contributed by atoms with E-state index in [4.69, 9.17) is 23.2 Å². The summed E-state index contributed by atoms with van der Waals surface area (Å²) in [6.45, 7) is 3.80. The topological polar surface area (TPSA) is 52.9 Å². The zero-order chi connectivity index (χ0) is 18.4. The number of carbonyl (C=O) groups is 1. The van der Waals surface area contributed by atoms with Crippen LogP contribution in [0.25, 0.3) is 0 Å². The molecule has 0 saturated carbocycles. The average molecular weight is 391 g/mol. The number of rotatable bonds is 6. The molecule has 1 N–H and O–H groups in total. The highest BCUT2D eigenvalue weighted by molar-refractivity contribution is 8.03. The van der Waals surface area contributed by atoms with E-state index in [1.54, 1.807) is 30.3 Å². The summed E-state index contributed by atoms with van der Waals surface area (Å²) in [5.41, 5.74) is 2.03. The fraction of sp³-hybridized carbons (Fsp3) is 0.158. The fourth-order valence-corrected chi connectivity index (χ4v) is 3.53. The van der Waals surface area contributed by atoms with Crippen LogP contribution in [0.2, 0.25) is 10.0 Å². The van der Waals surface area contributed by atoms with Crippen molar-refractivity contribution < 1.29 is 4.79 Å². The van der Waals surface area contributed by atoms with Gasteiger partial charge in [0.2, 0.25) is 5.78 Å². The Morgan fingerprint density at radius 3 is 2.40 bits per heavy atom. The minimum atomic E-state index is -0.308. The van der Waals surface area contributed by atoms with Crippen molar-refractivity contribution in [1.29, 1.82) is 5.26 Å². The summed E-state index contributed by atoms with van der Waals surface area (Å²) in [5.74, 6) is 0.389. The summed E-state index contributed by atoms with van der Waals surface area (Å²) < 4.78 is 0. The average Bonchev–Trinajstić information content (AvgIpc) is 2.55. The molecule has 0 aliphatic rings. The standard InChI is InChI=1S/C19H16Cl2N2OS/c1-3-25-19(23-15-9-13(20)8-14(21)10-15)17(11-22)18(24)16-7-5-4-6-12(16)2/h4-10,23H,3H2,1-2H3. The Labute approximate surface area is 161 Å². The van der Waals surface area contributed by atoms with Crippen molar-refractivity contribution >= 4 is 46.4 Å². The van der Waals surface area contributed by atoms with Crippen LogP contribution >= 0.6 is 35.0 Å². The molecule has 0 atom stereocenters. The molecule has 0 radical (unpaired) electrons. The first-order valence-electron chi connectivity index (χ1n) is 7.57. The van der Waals surface area contributed by atoms with Crippen LogP contribution in [0, 0.1) is 18.3 Å². The first-order chi connectivity index (χ1) is 12.0. The summed E-state index contributed by atoms with van der Waals surface area (Å²) >= 11 is 13.4. The molecule has 128 valence electrons. The van der Waals surface area contributed by atoms with Gasteiger partial charge in [-0.2, -0.15) is 5.26 Å². The predicted molar refractivity (Wildman–Crippen MR) is 106 cm³/mol. The highest BCUT2D eigenvalue weighted by Gasteiger charge is 2.19. The molecule has 3 nitrogen and oxygen atoms in total. The lowest BCUT2D eigenvalue weighted by Crippen LogP contribution is -2.10. The number of ketones is 1. The van der Waals surface area contributed by atoms with E-state index in [9.17, 15) is 10.1 Å². The summed E-state index contributed by atoms with van der Waals surface area (Å²) in [4.78, 5) is 12.9. The van der Waals surface area contributed by atoms with Gasteiger partial charge in [-0.15, -0.1) is 11.8 Å². The number of halogens is 2. The second-order valence-electron chi connectivity index (χ2n) is 5.18. The van der Waals surface area contributed by atoms with E-state index in [0.717, 1.165) is 5.56 Å². The van der Waals surface area contributed by atoms with Gasteiger partial charge in [-0.3, -0.25) is 4.79 Å².